The van der Waals surface area contributed by atoms with Gasteiger partial charge in [-0.1, -0.05) is 152 Å². The van der Waals surface area contributed by atoms with E-state index in [9.17, 15) is 0 Å². The molecule has 0 saturated heterocycles. The normalized spacial score (nSPS) is 11.1. The molecule has 0 N–H and O–H groups in total. The molecule has 0 fully saturated rings. The molecule has 9 aromatic carbocycles. The second-order valence-electron chi connectivity index (χ2n) is 15.6. The fourth-order valence-corrected chi connectivity index (χ4v) is 8.21. The lowest BCUT2D eigenvalue weighted by atomic mass is 9.97. The molecule has 0 aliphatic carbocycles. The third-order valence-electron chi connectivity index (χ3n) is 11.7. The number of fused-ring (bicyclic) bond motifs is 1. The van der Waals surface area contributed by atoms with Crippen molar-refractivity contribution in [1.82, 2.24) is 9.97 Å². The zero-order valence-electron chi connectivity index (χ0n) is 34.7. The summed E-state index contributed by atoms with van der Waals surface area (Å²) in [4.78, 5) is 15.2. The lowest BCUT2D eigenvalue weighted by Gasteiger charge is -2.25. The van der Waals surface area contributed by atoms with Gasteiger partial charge in [-0.2, -0.15) is 0 Å². The monoisotopic (exact) mass is 796 g/mol. The molecule has 62 heavy (non-hydrogen) atoms. The Morgan fingerprint density at radius 1 is 0.274 bits per heavy atom. The molecule has 0 radical (unpaired) electrons. The van der Waals surface area contributed by atoms with Crippen LogP contribution in [0.25, 0.3) is 55.8 Å². The van der Waals surface area contributed by atoms with E-state index >= 15 is 0 Å². The summed E-state index contributed by atoms with van der Waals surface area (Å²) in [5.41, 5.74) is 19.2. The van der Waals surface area contributed by atoms with Gasteiger partial charge in [0.2, 0.25) is 0 Å². The number of aryl methyl sites for hydroxylation is 2. The summed E-state index contributed by atoms with van der Waals surface area (Å²) in [6.07, 6.45) is 0. The molecule has 10 rings (SSSR count). The summed E-state index contributed by atoms with van der Waals surface area (Å²) >= 11 is 0. The summed E-state index contributed by atoms with van der Waals surface area (Å²) in [5.74, 6) is 0. The first-order valence-electron chi connectivity index (χ1n) is 21.1. The molecule has 1 heterocycles. The van der Waals surface area contributed by atoms with Gasteiger partial charge in [0.1, 0.15) is 0 Å². The van der Waals surface area contributed by atoms with Gasteiger partial charge in [0.15, 0.2) is 0 Å². The Balaban J connectivity index is 0.957. The standard InChI is InChI=1S/C58H44N4/c1-41-23-40-55-56(42(41)2)60-58(48-30-26-44(27-31-48)46-34-38-54(39-35-46)62(51-19-11-5-12-20-51)52-21-13-6-14-22-52)57(59-55)47-28-24-43(25-29-47)45-32-36-53(37-33-45)61(49-15-7-3-8-16-49)50-17-9-4-10-18-50/h3-40H,1-2H3. The van der Waals surface area contributed by atoms with E-state index in [1.54, 1.807) is 0 Å². The summed E-state index contributed by atoms with van der Waals surface area (Å²) in [6.45, 7) is 4.27. The number of nitrogens with zero attached hydrogens (tertiary/aromatic N) is 4. The highest BCUT2D eigenvalue weighted by atomic mass is 15.1. The lowest BCUT2D eigenvalue weighted by Crippen LogP contribution is -2.09. The second-order valence-corrected chi connectivity index (χ2v) is 15.6. The number of rotatable bonds is 10. The maximum Gasteiger partial charge on any atom is 0.0973 e. The van der Waals surface area contributed by atoms with Crippen LogP contribution in [0.5, 0.6) is 0 Å². The highest BCUT2D eigenvalue weighted by molar-refractivity contribution is 5.89. The van der Waals surface area contributed by atoms with Crippen molar-refractivity contribution in [1.29, 1.82) is 0 Å². The number of benzene rings is 9. The molecule has 296 valence electrons. The van der Waals surface area contributed by atoms with E-state index in [1.165, 1.54) is 5.56 Å². The molecule has 4 heteroatoms. The molecule has 0 atom stereocenters. The van der Waals surface area contributed by atoms with Gasteiger partial charge in [0, 0.05) is 45.3 Å². The van der Waals surface area contributed by atoms with E-state index < -0.39 is 0 Å². The Morgan fingerprint density at radius 3 is 0.919 bits per heavy atom. The molecule has 0 unspecified atom stereocenters. The van der Waals surface area contributed by atoms with Crippen LogP contribution < -0.4 is 9.80 Å². The van der Waals surface area contributed by atoms with E-state index in [0.29, 0.717) is 0 Å². The predicted octanol–water partition coefficient (Wildman–Crippen LogP) is 15.9. The van der Waals surface area contributed by atoms with Crippen molar-refractivity contribution in [3.05, 3.63) is 242 Å². The molecular weight excluding hydrogens is 753 g/mol. The minimum atomic E-state index is 0.864. The van der Waals surface area contributed by atoms with E-state index in [0.717, 1.165) is 95.5 Å². The maximum atomic E-state index is 5.36. The average molecular weight is 797 g/mol. The van der Waals surface area contributed by atoms with Gasteiger partial charge in [-0.3, -0.25) is 0 Å². The Labute approximate surface area is 363 Å². The molecule has 0 spiro atoms. The first-order chi connectivity index (χ1) is 30.6. The van der Waals surface area contributed by atoms with Crippen LogP contribution in [0.1, 0.15) is 11.1 Å². The minimum absolute atomic E-state index is 0.864. The largest absolute Gasteiger partial charge is 0.311 e. The fraction of sp³-hybridized carbons (Fsp3) is 0.0345. The van der Waals surface area contributed by atoms with Crippen LogP contribution in [-0.4, -0.2) is 9.97 Å². The van der Waals surface area contributed by atoms with Crippen molar-refractivity contribution >= 4 is 45.2 Å². The van der Waals surface area contributed by atoms with Gasteiger partial charge in [0.05, 0.1) is 22.4 Å². The van der Waals surface area contributed by atoms with Crippen LogP contribution in [0.2, 0.25) is 0 Å². The van der Waals surface area contributed by atoms with Crippen LogP contribution in [0.4, 0.5) is 34.1 Å². The zero-order valence-corrected chi connectivity index (χ0v) is 34.7. The number of aromatic nitrogens is 2. The Kier molecular flexibility index (Phi) is 10.4. The van der Waals surface area contributed by atoms with Crippen molar-refractivity contribution in [2.45, 2.75) is 13.8 Å². The highest BCUT2D eigenvalue weighted by Gasteiger charge is 2.17. The van der Waals surface area contributed by atoms with Crippen molar-refractivity contribution in [3.8, 4) is 44.8 Å². The first-order valence-corrected chi connectivity index (χ1v) is 21.1. The SMILES string of the molecule is Cc1ccc2nc(-c3ccc(-c4ccc(N(c5ccccc5)c5ccccc5)cc4)cc3)c(-c3ccc(-c4ccc(N(c5ccccc5)c5ccccc5)cc4)cc3)nc2c1C. The number of hydrogen-bond donors (Lipinski definition) is 0. The van der Waals surface area contributed by atoms with Gasteiger partial charge in [-0.05, 0) is 126 Å². The summed E-state index contributed by atoms with van der Waals surface area (Å²) in [7, 11) is 0. The molecule has 0 amide bonds. The summed E-state index contributed by atoms with van der Waals surface area (Å²) in [5, 5.41) is 0. The van der Waals surface area contributed by atoms with Gasteiger partial charge in [0.25, 0.3) is 0 Å². The maximum absolute atomic E-state index is 5.36. The quantitative estimate of drug-likeness (QED) is 0.138. The molecule has 4 nitrogen and oxygen atoms in total. The molecular formula is C58H44N4. The second kappa shape index (κ2) is 16.9. The molecule has 1 aromatic heterocycles. The summed E-state index contributed by atoms with van der Waals surface area (Å²) < 4.78 is 0. The number of anilines is 6. The van der Waals surface area contributed by atoms with Crippen LogP contribution in [0.15, 0.2) is 231 Å². The molecule has 0 aliphatic heterocycles. The summed E-state index contributed by atoms with van der Waals surface area (Å²) in [6, 6.07) is 81.3. The Morgan fingerprint density at radius 2 is 0.565 bits per heavy atom. The molecule has 0 bridgehead atoms. The third kappa shape index (κ3) is 7.62. The van der Waals surface area contributed by atoms with Crippen molar-refractivity contribution in [3.63, 3.8) is 0 Å². The van der Waals surface area contributed by atoms with E-state index in [2.05, 4.69) is 254 Å². The van der Waals surface area contributed by atoms with Crippen molar-refractivity contribution < 1.29 is 0 Å². The third-order valence-corrected chi connectivity index (χ3v) is 11.7. The molecule has 0 saturated carbocycles. The van der Waals surface area contributed by atoms with Crippen LogP contribution in [0.3, 0.4) is 0 Å². The minimum Gasteiger partial charge on any atom is -0.311 e. The average Bonchev–Trinajstić information content (AvgIpc) is 3.35. The van der Waals surface area contributed by atoms with E-state index in [-0.39, 0.29) is 0 Å². The molecule has 10 aromatic rings. The predicted molar refractivity (Wildman–Crippen MR) is 260 cm³/mol. The van der Waals surface area contributed by atoms with Gasteiger partial charge >= 0.3 is 0 Å². The van der Waals surface area contributed by atoms with Crippen LogP contribution >= 0.6 is 0 Å². The Hall–Kier alpha value is -8.08. The Bertz CT molecular complexity index is 3000. The fourth-order valence-electron chi connectivity index (χ4n) is 8.21. The van der Waals surface area contributed by atoms with Crippen LogP contribution in [0, 0.1) is 13.8 Å². The number of hydrogen-bond acceptors (Lipinski definition) is 4. The van der Waals surface area contributed by atoms with Crippen LogP contribution in [-0.2, 0) is 0 Å². The lowest BCUT2D eigenvalue weighted by molar-refractivity contribution is 1.25. The van der Waals surface area contributed by atoms with E-state index in [4.69, 9.17) is 9.97 Å². The number of para-hydroxylation sites is 4. The van der Waals surface area contributed by atoms with Crippen molar-refractivity contribution in [2.75, 3.05) is 9.80 Å². The van der Waals surface area contributed by atoms with E-state index in [1.807, 2.05) is 0 Å². The topological polar surface area (TPSA) is 32.3 Å². The zero-order chi connectivity index (χ0) is 41.8. The smallest absolute Gasteiger partial charge is 0.0973 e. The van der Waals surface area contributed by atoms with Gasteiger partial charge < -0.3 is 9.80 Å². The molecule has 0 aliphatic rings. The highest BCUT2D eigenvalue weighted by Crippen LogP contribution is 2.39. The first kappa shape index (κ1) is 38.1. The van der Waals surface area contributed by atoms with Gasteiger partial charge in [-0.15, -0.1) is 0 Å². The van der Waals surface area contributed by atoms with Gasteiger partial charge in [-0.25, -0.2) is 9.97 Å². The van der Waals surface area contributed by atoms with Crippen molar-refractivity contribution in [2.24, 2.45) is 0 Å².